The summed E-state index contributed by atoms with van der Waals surface area (Å²) in [6.07, 6.45) is 0. The molecule has 0 amide bonds. The van der Waals surface area contributed by atoms with Gasteiger partial charge in [-0.15, -0.1) is 0 Å². The van der Waals surface area contributed by atoms with Crippen molar-refractivity contribution in [1.82, 2.24) is 0 Å². The monoisotopic (exact) mass is 342 g/mol. The summed E-state index contributed by atoms with van der Waals surface area (Å²) in [5.74, 6) is -1.22. The Labute approximate surface area is 121 Å². The number of hydrogen-bond acceptors (Lipinski definition) is 3. The van der Waals surface area contributed by atoms with E-state index in [9.17, 15) is 18.9 Å². The molecule has 0 atom stereocenters. The third-order valence-corrected chi connectivity index (χ3v) is 3.25. The molecule has 4 nitrogen and oxygen atoms in total. The van der Waals surface area contributed by atoms with Gasteiger partial charge in [0, 0.05) is 17.4 Å². The molecule has 0 heterocycles. The zero-order valence-electron chi connectivity index (χ0n) is 10.3. The third-order valence-electron chi connectivity index (χ3n) is 2.64. The average Bonchev–Trinajstić information content (AvgIpc) is 2.35. The van der Waals surface area contributed by atoms with E-state index >= 15 is 0 Å². The van der Waals surface area contributed by atoms with Crippen LogP contribution in [0, 0.1) is 28.7 Å². The number of rotatable bonds is 3. The second kappa shape index (κ2) is 5.54. The molecule has 7 heteroatoms. The first-order valence-corrected chi connectivity index (χ1v) is 6.34. The van der Waals surface area contributed by atoms with E-state index in [0.717, 1.165) is 12.1 Å². The molecule has 20 heavy (non-hydrogen) atoms. The molecular weight excluding hydrogens is 334 g/mol. The fourth-order valence-corrected chi connectivity index (χ4v) is 2.15. The molecule has 0 saturated heterocycles. The number of hydrogen-bond donors (Lipinski definition) is 1. The quantitative estimate of drug-likeness (QED) is 0.650. The molecule has 0 aliphatic carbocycles. The normalized spacial score (nSPS) is 10.4. The zero-order valence-corrected chi connectivity index (χ0v) is 11.9. The van der Waals surface area contributed by atoms with E-state index in [1.54, 1.807) is 13.0 Å². The fraction of sp³-hybridized carbons (Fsp3) is 0.0769. The average molecular weight is 343 g/mol. The minimum absolute atomic E-state index is 0.182. The van der Waals surface area contributed by atoms with Gasteiger partial charge in [-0.25, -0.2) is 8.78 Å². The molecule has 1 N–H and O–H groups in total. The highest BCUT2D eigenvalue weighted by Gasteiger charge is 2.11. The molecule has 104 valence electrons. The molecule has 0 aliphatic rings. The van der Waals surface area contributed by atoms with Crippen LogP contribution in [-0.2, 0) is 0 Å². The maximum Gasteiger partial charge on any atom is 0.274 e. The van der Waals surface area contributed by atoms with Gasteiger partial charge in [-0.05, 0) is 46.6 Å². The van der Waals surface area contributed by atoms with E-state index < -0.39 is 16.6 Å². The van der Waals surface area contributed by atoms with Crippen molar-refractivity contribution >= 4 is 33.0 Å². The van der Waals surface area contributed by atoms with E-state index in [4.69, 9.17) is 0 Å². The molecule has 0 radical (unpaired) electrons. The van der Waals surface area contributed by atoms with E-state index in [1.165, 1.54) is 12.1 Å². The van der Waals surface area contributed by atoms with Crippen molar-refractivity contribution in [3.05, 3.63) is 62.1 Å². The highest BCUT2D eigenvalue weighted by Crippen LogP contribution is 2.28. The Balaban J connectivity index is 2.40. The van der Waals surface area contributed by atoms with Gasteiger partial charge in [-0.2, -0.15) is 0 Å². The van der Waals surface area contributed by atoms with Gasteiger partial charge in [-0.1, -0.05) is 0 Å². The number of halogens is 3. The van der Waals surface area contributed by atoms with Gasteiger partial charge >= 0.3 is 0 Å². The second-order valence-corrected chi connectivity index (χ2v) is 5.02. The number of anilines is 2. The molecular formula is C13H9BrF2N2O2. The number of benzene rings is 2. The van der Waals surface area contributed by atoms with Crippen LogP contribution in [0.5, 0.6) is 0 Å². The smallest absolute Gasteiger partial charge is 0.274 e. The molecule has 0 aromatic heterocycles. The molecule has 0 fully saturated rings. The van der Waals surface area contributed by atoms with Crippen LogP contribution in [0.25, 0.3) is 0 Å². The summed E-state index contributed by atoms with van der Waals surface area (Å²) in [6.45, 7) is 1.74. The number of nitro groups is 1. The van der Waals surface area contributed by atoms with Crippen molar-refractivity contribution in [2.45, 2.75) is 6.92 Å². The van der Waals surface area contributed by atoms with Crippen molar-refractivity contribution in [1.29, 1.82) is 0 Å². The predicted molar refractivity (Wildman–Crippen MR) is 75.2 cm³/mol. The lowest BCUT2D eigenvalue weighted by Gasteiger charge is -2.10. The second-order valence-electron chi connectivity index (χ2n) is 4.16. The van der Waals surface area contributed by atoms with Gasteiger partial charge in [0.05, 0.1) is 15.5 Å². The van der Waals surface area contributed by atoms with Crippen LogP contribution in [0.1, 0.15) is 5.56 Å². The summed E-state index contributed by atoms with van der Waals surface area (Å²) in [4.78, 5) is 9.98. The van der Waals surface area contributed by atoms with E-state index in [-0.39, 0.29) is 11.4 Å². The van der Waals surface area contributed by atoms with Crippen LogP contribution in [0.4, 0.5) is 25.8 Å². The number of nitro benzene ring substituents is 1. The zero-order chi connectivity index (χ0) is 14.9. The van der Waals surface area contributed by atoms with Crippen molar-refractivity contribution < 1.29 is 13.7 Å². The van der Waals surface area contributed by atoms with Crippen LogP contribution in [-0.4, -0.2) is 4.92 Å². The Kier molecular flexibility index (Phi) is 3.99. The van der Waals surface area contributed by atoms with Crippen molar-refractivity contribution in [3.8, 4) is 0 Å². The molecule has 2 rings (SSSR count). The van der Waals surface area contributed by atoms with E-state index in [1.807, 2.05) is 0 Å². The highest BCUT2D eigenvalue weighted by atomic mass is 79.9. The largest absolute Gasteiger partial charge is 0.355 e. The van der Waals surface area contributed by atoms with Crippen LogP contribution < -0.4 is 5.32 Å². The number of aryl methyl sites for hydroxylation is 1. The molecule has 0 bridgehead atoms. The molecule has 0 aliphatic heterocycles. The summed E-state index contributed by atoms with van der Waals surface area (Å²) >= 11 is 3.06. The first kappa shape index (κ1) is 14.4. The van der Waals surface area contributed by atoms with Gasteiger partial charge in [0.25, 0.3) is 5.69 Å². The molecule has 0 spiro atoms. The standard InChI is InChI=1S/C13H9BrF2N2O2/c1-7-2-11(14)12(16)6-13(7)17-9-3-8(15)4-10(5-9)18(19)20/h2-6,17H,1H3. The van der Waals surface area contributed by atoms with Crippen LogP contribution in [0.15, 0.2) is 34.8 Å². The number of nitrogens with zero attached hydrogens (tertiary/aromatic N) is 1. The maximum absolute atomic E-state index is 13.5. The Hall–Kier alpha value is -2.02. The predicted octanol–water partition coefficient (Wildman–Crippen LogP) is 4.69. The molecule has 0 unspecified atom stereocenters. The molecule has 0 saturated carbocycles. The lowest BCUT2D eigenvalue weighted by Crippen LogP contribution is -1.97. The van der Waals surface area contributed by atoms with Gasteiger partial charge in [-0.3, -0.25) is 10.1 Å². The van der Waals surface area contributed by atoms with Crippen molar-refractivity contribution in [3.63, 3.8) is 0 Å². The van der Waals surface area contributed by atoms with Crippen molar-refractivity contribution in [2.75, 3.05) is 5.32 Å². The van der Waals surface area contributed by atoms with Gasteiger partial charge in [0.1, 0.15) is 11.6 Å². The maximum atomic E-state index is 13.5. The van der Waals surface area contributed by atoms with Gasteiger partial charge in [0.2, 0.25) is 0 Å². The van der Waals surface area contributed by atoms with Gasteiger partial charge in [0.15, 0.2) is 0 Å². The van der Waals surface area contributed by atoms with E-state index in [2.05, 4.69) is 21.2 Å². The molecule has 2 aromatic carbocycles. The minimum atomic E-state index is -0.739. The Bertz CT molecular complexity index is 692. The Morgan fingerprint density at radius 2 is 1.90 bits per heavy atom. The Morgan fingerprint density at radius 1 is 1.20 bits per heavy atom. The van der Waals surface area contributed by atoms with Crippen LogP contribution >= 0.6 is 15.9 Å². The van der Waals surface area contributed by atoms with Crippen molar-refractivity contribution in [2.24, 2.45) is 0 Å². The summed E-state index contributed by atoms with van der Waals surface area (Å²) in [5.41, 5.74) is 0.931. The minimum Gasteiger partial charge on any atom is -0.355 e. The summed E-state index contributed by atoms with van der Waals surface area (Å²) in [6, 6.07) is 5.90. The highest BCUT2D eigenvalue weighted by molar-refractivity contribution is 9.10. The van der Waals surface area contributed by atoms with E-state index in [0.29, 0.717) is 15.7 Å². The lowest BCUT2D eigenvalue weighted by atomic mass is 10.2. The Morgan fingerprint density at radius 3 is 2.55 bits per heavy atom. The van der Waals surface area contributed by atoms with Crippen LogP contribution in [0.3, 0.4) is 0 Å². The van der Waals surface area contributed by atoms with Gasteiger partial charge < -0.3 is 5.32 Å². The topological polar surface area (TPSA) is 55.2 Å². The summed E-state index contributed by atoms with van der Waals surface area (Å²) < 4.78 is 27.1. The number of non-ortho nitro benzene ring substituents is 1. The SMILES string of the molecule is Cc1cc(Br)c(F)cc1Nc1cc(F)cc([N+](=O)[O-])c1. The summed E-state index contributed by atoms with van der Waals surface area (Å²) in [7, 11) is 0. The lowest BCUT2D eigenvalue weighted by molar-refractivity contribution is -0.385. The third kappa shape index (κ3) is 3.11. The number of nitrogens with one attached hydrogen (secondary N) is 1. The first-order chi connectivity index (χ1) is 9.36. The van der Waals surface area contributed by atoms with Crippen LogP contribution in [0.2, 0.25) is 0 Å². The summed E-state index contributed by atoms with van der Waals surface area (Å²) in [5, 5.41) is 13.4. The first-order valence-electron chi connectivity index (χ1n) is 5.54. The fourth-order valence-electron chi connectivity index (χ4n) is 1.69. The molecule has 2 aromatic rings.